The van der Waals surface area contributed by atoms with Crippen LogP contribution in [0.4, 0.5) is 0 Å². The molecule has 1 fully saturated rings. The van der Waals surface area contributed by atoms with Crippen LogP contribution >= 0.6 is 0 Å². The van der Waals surface area contributed by atoms with Crippen LogP contribution in [0.1, 0.15) is 71.6 Å². The van der Waals surface area contributed by atoms with Crippen LogP contribution in [-0.2, 0) is 0 Å². The minimum absolute atomic E-state index is 0.744. The number of hydrogen-bond donors (Lipinski definition) is 0. The smallest absolute Gasteiger partial charge is 0.0326 e. The van der Waals surface area contributed by atoms with Crippen LogP contribution in [0.25, 0.3) is 0 Å². The molecule has 0 saturated heterocycles. The van der Waals surface area contributed by atoms with E-state index >= 15 is 0 Å². The van der Waals surface area contributed by atoms with Crippen molar-refractivity contribution in [2.24, 2.45) is 5.41 Å². The fourth-order valence-electron chi connectivity index (χ4n) is 2.46. The highest BCUT2D eigenvalue weighted by atomic mass is 14.3. The van der Waals surface area contributed by atoms with E-state index in [2.05, 4.69) is 13.8 Å². The molecular weight excluding hydrogens is 144 g/mol. The van der Waals surface area contributed by atoms with Gasteiger partial charge < -0.3 is 0 Å². The Morgan fingerprint density at radius 2 is 1.67 bits per heavy atom. The first-order valence-electron chi connectivity index (χ1n) is 5.77. The van der Waals surface area contributed by atoms with Crippen LogP contribution in [0.3, 0.4) is 0 Å². The van der Waals surface area contributed by atoms with Gasteiger partial charge in [-0.1, -0.05) is 52.4 Å². The number of rotatable bonds is 5. The molecule has 0 aliphatic heterocycles. The summed E-state index contributed by atoms with van der Waals surface area (Å²) < 4.78 is 0. The van der Waals surface area contributed by atoms with Gasteiger partial charge in [0.05, 0.1) is 0 Å². The Kier molecular flexibility index (Phi) is 4.11. The van der Waals surface area contributed by atoms with Gasteiger partial charge in [-0.2, -0.15) is 0 Å². The third-order valence-corrected chi connectivity index (χ3v) is 3.44. The van der Waals surface area contributed by atoms with Gasteiger partial charge in [0.2, 0.25) is 0 Å². The van der Waals surface area contributed by atoms with Gasteiger partial charge in [-0.3, -0.25) is 0 Å². The molecule has 0 heteroatoms. The zero-order chi connectivity index (χ0) is 8.86. The molecule has 1 rings (SSSR count). The quantitative estimate of drug-likeness (QED) is 0.529. The van der Waals surface area contributed by atoms with Crippen molar-refractivity contribution in [3.05, 3.63) is 0 Å². The summed E-state index contributed by atoms with van der Waals surface area (Å²) in [5, 5.41) is 0. The Balaban J connectivity index is 2.05. The molecule has 0 aromatic heterocycles. The van der Waals surface area contributed by atoms with Gasteiger partial charge in [-0.25, -0.2) is 0 Å². The van der Waals surface area contributed by atoms with Crippen LogP contribution in [0.2, 0.25) is 0 Å². The van der Waals surface area contributed by atoms with E-state index in [9.17, 15) is 0 Å². The number of unbranched alkanes of at least 4 members (excludes halogenated alkanes) is 3. The van der Waals surface area contributed by atoms with Crippen LogP contribution in [0.15, 0.2) is 0 Å². The summed E-state index contributed by atoms with van der Waals surface area (Å²) in [5.41, 5.74) is 0.744. The van der Waals surface area contributed by atoms with Crippen molar-refractivity contribution in [3.8, 4) is 0 Å². The summed E-state index contributed by atoms with van der Waals surface area (Å²) in [5.74, 6) is 0. The molecular formula is C12H24. The maximum atomic E-state index is 2.49. The van der Waals surface area contributed by atoms with Crippen LogP contribution in [0.5, 0.6) is 0 Å². The maximum absolute atomic E-state index is 2.49. The van der Waals surface area contributed by atoms with Crippen molar-refractivity contribution in [2.45, 2.75) is 71.6 Å². The topological polar surface area (TPSA) is 0 Å². The molecule has 0 heterocycles. The number of hydrogen-bond acceptors (Lipinski definition) is 0. The molecule has 0 radical (unpaired) electrons. The van der Waals surface area contributed by atoms with E-state index in [1.54, 1.807) is 0 Å². The second-order valence-electron chi connectivity index (χ2n) is 4.83. The second kappa shape index (κ2) is 4.89. The Labute approximate surface area is 77.7 Å². The molecule has 0 N–H and O–H groups in total. The van der Waals surface area contributed by atoms with Gasteiger partial charge in [0.25, 0.3) is 0 Å². The lowest BCUT2D eigenvalue weighted by Gasteiger charge is -2.22. The first-order chi connectivity index (χ1) is 5.77. The summed E-state index contributed by atoms with van der Waals surface area (Å²) in [4.78, 5) is 0. The first kappa shape index (κ1) is 10.1. The molecule has 0 bridgehead atoms. The van der Waals surface area contributed by atoms with Crippen molar-refractivity contribution >= 4 is 0 Å². The molecule has 0 aromatic rings. The van der Waals surface area contributed by atoms with Crippen molar-refractivity contribution in [1.82, 2.24) is 0 Å². The van der Waals surface area contributed by atoms with E-state index < -0.39 is 0 Å². The van der Waals surface area contributed by atoms with Crippen molar-refractivity contribution in [1.29, 1.82) is 0 Å². The normalized spacial score (nSPS) is 21.5. The molecule has 0 atom stereocenters. The van der Waals surface area contributed by atoms with E-state index in [0.29, 0.717) is 0 Å². The molecule has 1 aliphatic carbocycles. The predicted molar refractivity (Wildman–Crippen MR) is 55.3 cm³/mol. The third kappa shape index (κ3) is 3.16. The maximum Gasteiger partial charge on any atom is -0.0326 e. The monoisotopic (exact) mass is 168 g/mol. The fourth-order valence-corrected chi connectivity index (χ4v) is 2.46. The summed E-state index contributed by atoms with van der Waals surface area (Å²) in [6.07, 6.45) is 13.2. The summed E-state index contributed by atoms with van der Waals surface area (Å²) in [7, 11) is 0. The molecule has 0 amide bonds. The van der Waals surface area contributed by atoms with E-state index in [1.807, 2.05) is 0 Å². The minimum Gasteiger partial charge on any atom is -0.0654 e. The highest BCUT2D eigenvalue weighted by molar-refractivity contribution is 4.79. The van der Waals surface area contributed by atoms with Gasteiger partial charge >= 0.3 is 0 Å². The lowest BCUT2D eigenvalue weighted by atomic mass is 9.83. The van der Waals surface area contributed by atoms with Gasteiger partial charge in [-0.15, -0.1) is 0 Å². The third-order valence-electron chi connectivity index (χ3n) is 3.44. The minimum atomic E-state index is 0.744. The second-order valence-corrected chi connectivity index (χ2v) is 4.83. The highest BCUT2D eigenvalue weighted by Gasteiger charge is 2.27. The van der Waals surface area contributed by atoms with Crippen molar-refractivity contribution in [2.75, 3.05) is 0 Å². The van der Waals surface area contributed by atoms with Crippen LogP contribution < -0.4 is 0 Å². The van der Waals surface area contributed by atoms with Gasteiger partial charge in [0.1, 0.15) is 0 Å². The van der Waals surface area contributed by atoms with Gasteiger partial charge in [-0.05, 0) is 24.7 Å². The van der Waals surface area contributed by atoms with Gasteiger partial charge in [0, 0.05) is 0 Å². The van der Waals surface area contributed by atoms with Crippen LogP contribution in [-0.4, -0.2) is 0 Å². The average molecular weight is 168 g/mol. The highest BCUT2D eigenvalue weighted by Crippen LogP contribution is 2.41. The molecule has 0 spiro atoms. The standard InChI is InChI=1S/C12H24/c1-3-4-5-6-9-12(2)10-7-8-11-12/h3-11H2,1-2H3. The molecule has 0 aromatic carbocycles. The Morgan fingerprint density at radius 3 is 2.25 bits per heavy atom. The van der Waals surface area contributed by atoms with E-state index in [0.717, 1.165) is 5.41 Å². The molecule has 0 unspecified atom stereocenters. The molecule has 1 aliphatic rings. The van der Waals surface area contributed by atoms with E-state index in [-0.39, 0.29) is 0 Å². The zero-order valence-corrected chi connectivity index (χ0v) is 8.86. The summed E-state index contributed by atoms with van der Waals surface area (Å²) in [6, 6.07) is 0. The zero-order valence-electron chi connectivity index (χ0n) is 8.86. The Hall–Kier alpha value is 0. The predicted octanol–water partition coefficient (Wildman–Crippen LogP) is 4.54. The van der Waals surface area contributed by atoms with Crippen LogP contribution in [0, 0.1) is 5.41 Å². The fraction of sp³-hybridized carbons (Fsp3) is 1.00. The molecule has 1 saturated carbocycles. The summed E-state index contributed by atoms with van der Waals surface area (Å²) in [6.45, 7) is 4.78. The molecule has 72 valence electrons. The Bertz CT molecular complexity index is 109. The summed E-state index contributed by atoms with van der Waals surface area (Å²) >= 11 is 0. The lowest BCUT2D eigenvalue weighted by molar-refractivity contribution is 0.295. The largest absolute Gasteiger partial charge is 0.0654 e. The first-order valence-corrected chi connectivity index (χ1v) is 5.77. The SMILES string of the molecule is CCCCCCC1(C)CCCC1. The van der Waals surface area contributed by atoms with Crippen molar-refractivity contribution in [3.63, 3.8) is 0 Å². The molecule has 0 nitrogen and oxygen atoms in total. The lowest BCUT2D eigenvalue weighted by Crippen LogP contribution is -2.09. The molecule has 12 heavy (non-hydrogen) atoms. The van der Waals surface area contributed by atoms with Gasteiger partial charge in [0.15, 0.2) is 0 Å². The van der Waals surface area contributed by atoms with Crippen molar-refractivity contribution < 1.29 is 0 Å². The Morgan fingerprint density at radius 1 is 1.00 bits per heavy atom. The van der Waals surface area contributed by atoms with E-state index in [4.69, 9.17) is 0 Å². The van der Waals surface area contributed by atoms with E-state index in [1.165, 1.54) is 57.8 Å². The average Bonchev–Trinajstić information content (AvgIpc) is 2.47.